The van der Waals surface area contributed by atoms with E-state index in [1.165, 1.54) is 19.1 Å². The average molecular weight is 298 g/mol. The molecule has 0 radical (unpaired) electrons. The lowest BCUT2D eigenvalue weighted by molar-refractivity contribution is -0.385. The zero-order chi connectivity index (χ0) is 15.6. The van der Waals surface area contributed by atoms with Crippen LogP contribution in [0.3, 0.4) is 0 Å². The van der Waals surface area contributed by atoms with Crippen LogP contribution >= 0.6 is 0 Å². The van der Waals surface area contributed by atoms with E-state index in [-0.39, 0.29) is 30.9 Å². The molecule has 1 aromatic rings. The van der Waals surface area contributed by atoms with Crippen molar-refractivity contribution in [2.75, 3.05) is 27.3 Å². The zero-order valence-electron chi connectivity index (χ0n) is 11.6. The van der Waals surface area contributed by atoms with Crippen molar-refractivity contribution in [1.82, 2.24) is 4.90 Å². The Morgan fingerprint density at radius 2 is 1.90 bits per heavy atom. The number of hydrogen-bond donors (Lipinski definition) is 0. The third kappa shape index (κ3) is 3.01. The van der Waals surface area contributed by atoms with Gasteiger partial charge in [-0.25, -0.2) is 4.39 Å². The van der Waals surface area contributed by atoms with Gasteiger partial charge in [0.1, 0.15) is 23.6 Å². The van der Waals surface area contributed by atoms with Crippen LogP contribution in [0.1, 0.15) is 10.4 Å². The molecular formula is C13H15FN2O5. The first-order valence-corrected chi connectivity index (χ1v) is 6.26. The predicted octanol–water partition coefficient (Wildman–Crippen LogP) is 1.22. The molecule has 1 saturated heterocycles. The minimum atomic E-state index is -0.704. The molecule has 1 fully saturated rings. The maximum absolute atomic E-state index is 13.3. The lowest BCUT2D eigenvalue weighted by atomic mass is 10.1. The summed E-state index contributed by atoms with van der Waals surface area (Å²) in [4.78, 5) is 24.0. The molecule has 1 amide bonds. The van der Waals surface area contributed by atoms with Crippen molar-refractivity contribution in [3.8, 4) is 0 Å². The summed E-state index contributed by atoms with van der Waals surface area (Å²) in [6.07, 6.45) is -0.627. The lowest BCUT2D eigenvalue weighted by Gasteiger charge is -2.15. The number of amides is 1. The Kier molecular flexibility index (Phi) is 4.49. The second kappa shape index (κ2) is 6.15. The van der Waals surface area contributed by atoms with Crippen LogP contribution in [-0.2, 0) is 9.47 Å². The number of halogens is 1. The van der Waals surface area contributed by atoms with Crippen LogP contribution < -0.4 is 0 Å². The molecule has 0 saturated carbocycles. The van der Waals surface area contributed by atoms with Gasteiger partial charge in [-0.3, -0.25) is 14.9 Å². The number of benzene rings is 1. The minimum absolute atomic E-state index is 0.238. The summed E-state index contributed by atoms with van der Waals surface area (Å²) in [7, 11) is 2.99. The van der Waals surface area contributed by atoms with Crippen molar-refractivity contribution in [3.05, 3.63) is 39.7 Å². The highest BCUT2D eigenvalue weighted by atomic mass is 19.1. The van der Waals surface area contributed by atoms with Crippen LogP contribution in [0, 0.1) is 15.9 Å². The Morgan fingerprint density at radius 1 is 1.33 bits per heavy atom. The Balaban J connectivity index is 2.29. The Hall–Kier alpha value is -2.06. The van der Waals surface area contributed by atoms with Crippen molar-refractivity contribution in [2.24, 2.45) is 0 Å². The Labute approximate surface area is 120 Å². The fourth-order valence-corrected chi connectivity index (χ4v) is 2.37. The molecule has 0 spiro atoms. The smallest absolute Gasteiger partial charge is 0.282 e. The van der Waals surface area contributed by atoms with Crippen LogP contribution in [0.5, 0.6) is 0 Å². The summed E-state index contributed by atoms with van der Waals surface area (Å²) in [6, 6.07) is 2.82. The summed E-state index contributed by atoms with van der Waals surface area (Å²) in [5.41, 5.74) is -0.692. The third-order valence-electron chi connectivity index (χ3n) is 3.49. The summed E-state index contributed by atoms with van der Waals surface area (Å²) in [5, 5.41) is 11.0. The lowest BCUT2D eigenvalue weighted by Crippen LogP contribution is -2.30. The maximum Gasteiger partial charge on any atom is 0.282 e. The number of carbonyl (C=O) groups excluding carboxylic acids is 1. The standard InChI is InChI=1S/C13H15FN2O5/c1-20-11-6-15(7-12(11)21-2)13(17)9-5-8(14)3-4-10(9)16(18)19/h3-5,11-12H,6-7H2,1-2H3/t11-,12-/m0/s1. The molecule has 1 aromatic carbocycles. The number of carbonyl (C=O) groups is 1. The number of hydrogen-bond acceptors (Lipinski definition) is 5. The number of rotatable bonds is 4. The maximum atomic E-state index is 13.3. The summed E-state index contributed by atoms with van der Waals surface area (Å²) in [5.74, 6) is -1.31. The van der Waals surface area contributed by atoms with Gasteiger partial charge < -0.3 is 14.4 Å². The van der Waals surface area contributed by atoms with Crippen LogP contribution in [-0.4, -0.2) is 55.2 Å². The van der Waals surface area contributed by atoms with Crippen LogP contribution in [0.2, 0.25) is 0 Å². The zero-order valence-corrected chi connectivity index (χ0v) is 11.6. The van der Waals surface area contributed by atoms with Crippen molar-refractivity contribution in [1.29, 1.82) is 0 Å². The van der Waals surface area contributed by atoms with E-state index >= 15 is 0 Å². The van der Waals surface area contributed by atoms with E-state index in [0.717, 1.165) is 18.2 Å². The molecule has 0 bridgehead atoms. The molecule has 2 atom stereocenters. The highest BCUT2D eigenvalue weighted by Crippen LogP contribution is 2.24. The van der Waals surface area contributed by atoms with Gasteiger partial charge in [0, 0.05) is 33.4 Å². The largest absolute Gasteiger partial charge is 0.377 e. The molecular weight excluding hydrogens is 283 g/mol. The van der Waals surface area contributed by atoms with Crippen molar-refractivity contribution in [2.45, 2.75) is 12.2 Å². The molecule has 2 rings (SSSR count). The van der Waals surface area contributed by atoms with Crippen molar-refractivity contribution in [3.63, 3.8) is 0 Å². The normalized spacial score (nSPS) is 21.6. The topological polar surface area (TPSA) is 81.9 Å². The first kappa shape index (κ1) is 15.3. The van der Waals surface area contributed by atoms with E-state index in [2.05, 4.69) is 0 Å². The van der Waals surface area contributed by atoms with Gasteiger partial charge in [-0.1, -0.05) is 0 Å². The van der Waals surface area contributed by atoms with Gasteiger partial charge in [0.25, 0.3) is 11.6 Å². The monoisotopic (exact) mass is 298 g/mol. The average Bonchev–Trinajstić information content (AvgIpc) is 2.89. The Bertz CT molecular complexity index is 553. The number of nitrogens with zero attached hydrogens (tertiary/aromatic N) is 2. The summed E-state index contributed by atoms with van der Waals surface area (Å²) < 4.78 is 23.7. The fraction of sp³-hybridized carbons (Fsp3) is 0.462. The first-order valence-electron chi connectivity index (χ1n) is 6.26. The molecule has 1 aliphatic heterocycles. The second-order valence-electron chi connectivity index (χ2n) is 4.68. The van der Waals surface area contributed by atoms with Gasteiger partial charge in [0.2, 0.25) is 0 Å². The van der Waals surface area contributed by atoms with Crippen molar-refractivity contribution < 1.29 is 23.6 Å². The van der Waals surface area contributed by atoms with Crippen LogP contribution in [0.4, 0.5) is 10.1 Å². The third-order valence-corrected chi connectivity index (χ3v) is 3.49. The molecule has 0 aromatic heterocycles. The molecule has 21 heavy (non-hydrogen) atoms. The van der Waals surface area contributed by atoms with Gasteiger partial charge in [0.05, 0.1) is 4.92 Å². The van der Waals surface area contributed by atoms with E-state index in [0.29, 0.717) is 0 Å². The number of ether oxygens (including phenoxy) is 2. The van der Waals surface area contributed by atoms with Gasteiger partial charge in [-0.05, 0) is 12.1 Å². The quantitative estimate of drug-likeness (QED) is 0.616. The Morgan fingerprint density at radius 3 is 2.38 bits per heavy atom. The van der Waals surface area contributed by atoms with Gasteiger partial charge >= 0.3 is 0 Å². The van der Waals surface area contributed by atoms with Crippen LogP contribution in [0.15, 0.2) is 18.2 Å². The number of likely N-dealkylation sites (tertiary alicyclic amines) is 1. The summed E-state index contributed by atoms with van der Waals surface area (Å²) >= 11 is 0. The summed E-state index contributed by atoms with van der Waals surface area (Å²) in [6.45, 7) is 0.475. The molecule has 114 valence electrons. The van der Waals surface area contributed by atoms with Crippen molar-refractivity contribution >= 4 is 11.6 Å². The van der Waals surface area contributed by atoms with Gasteiger partial charge in [0.15, 0.2) is 0 Å². The number of nitro benzene ring substituents is 1. The molecule has 1 heterocycles. The van der Waals surface area contributed by atoms with E-state index in [1.54, 1.807) is 0 Å². The molecule has 8 heteroatoms. The highest BCUT2D eigenvalue weighted by molar-refractivity contribution is 5.98. The van der Waals surface area contributed by atoms with Gasteiger partial charge in [-0.15, -0.1) is 0 Å². The van der Waals surface area contributed by atoms with Gasteiger partial charge in [-0.2, -0.15) is 0 Å². The second-order valence-corrected chi connectivity index (χ2v) is 4.68. The molecule has 1 aliphatic rings. The SMILES string of the molecule is CO[C@H]1CN(C(=O)c2cc(F)ccc2[N+](=O)[O-])C[C@@H]1OC. The first-order chi connectivity index (χ1) is 9.97. The molecule has 7 nitrogen and oxygen atoms in total. The van der Waals surface area contributed by atoms with E-state index in [1.807, 2.05) is 0 Å². The number of methoxy groups -OCH3 is 2. The van der Waals surface area contributed by atoms with E-state index < -0.39 is 22.3 Å². The fourth-order valence-electron chi connectivity index (χ4n) is 2.37. The molecule has 0 unspecified atom stereocenters. The minimum Gasteiger partial charge on any atom is -0.377 e. The molecule has 0 aliphatic carbocycles. The number of nitro groups is 1. The van der Waals surface area contributed by atoms with E-state index in [9.17, 15) is 19.3 Å². The molecule has 0 N–H and O–H groups in total. The van der Waals surface area contributed by atoms with E-state index in [4.69, 9.17) is 9.47 Å². The van der Waals surface area contributed by atoms with Crippen LogP contribution in [0.25, 0.3) is 0 Å². The predicted molar refractivity (Wildman–Crippen MR) is 70.6 cm³/mol. The highest BCUT2D eigenvalue weighted by Gasteiger charge is 2.37.